The van der Waals surface area contributed by atoms with Crippen molar-refractivity contribution in [1.29, 1.82) is 0 Å². The van der Waals surface area contributed by atoms with Gasteiger partial charge in [0.2, 0.25) is 0 Å². The molecule has 2 aromatic heterocycles. The van der Waals surface area contributed by atoms with Crippen LogP contribution in [-0.2, 0) is 0 Å². The third-order valence-electron chi connectivity index (χ3n) is 2.97. The van der Waals surface area contributed by atoms with E-state index in [0.717, 1.165) is 17.0 Å². The Kier molecular flexibility index (Phi) is 2.80. The zero-order valence-electron chi connectivity index (χ0n) is 10.3. The van der Waals surface area contributed by atoms with Crippen molar-refractivity contribution in [3.05, 3.63) is 47.6 Å². The Morgan fingerprint density at radius 3 is 2.74 bits per heavy atom. The summed E-state index contributed by atoms with van der Waals surface area (Å²) in [6.07, 6.45) is 0. The summed E-state index contributed by atoms with van der Waals surface area (Å²) in [6.45, 7) is 0. The molecule has 4 nitrogen and oxygen atoms in total. The Bertz CT molecular complexity index is 752. The molecule has 2 heterocycles. The van der Waals surface area contributed by atoms with Crippen LogP contribution in [0.25, 0.3) is 16.9 Å². The fourth-order valence-corrected chi connectivity index (χ4v) is 2.31. The summed E-state index contributed by atoms with van der Waals surface area (Å²) < 4.78 is 6.93. The molecule has 3 rings (SSSR count). The molecule has 0 fully saturated rings. The van der Waals surface area contributed by atoms with Crippen molar-refractivity contribution in [3.8, 4) is 17.0 Å². The monoisotopic (exact) mass is 273 g/mol. The maximum Gasteiger partial charge on any atom is 0.140 e. The number of nitrogens with two attached hydrogens (primary N) is 1. The second-order valence-electron chi connectivity index (χ2n) is 4.12. The molecular weight excluding hydrogens is 262 g/mol. The summed E-state index contributed by atoms with van der Waals surface area (Å²) >= 11 is 6.14. The molecule has 0 aliphatic carbocycles. The molecule has 0 aliphatic heterocycles. The molecule has 0 saturated carbocycles. The van der Waals surface area contributed by atoms with Gasteiger partial charge in [0, 0.05) is 5.56 Å². The van der Waals surface area contributed by atoms with Crippen molar-refractivity contribution in [2.24, 2.45) is 0 Å². The molecule has 0 spiro atoms. The average molecular weight is 274 g/mol. The molecule has 1 aromatic carbocycles. The van der Waals surface area contributed by atoms with E-state index in [2.05, 4.69) is 4.98 Å². The molecule has 0 saturated heterocycles. The van der Waals surface area contributed by atoms with Crippen LogP contribution in [0.4, 0.5) is 5.82 Å². The quantitative estimate of drug-likeness (QED) is 0.729. The first kappa shape index (κ1) is 11.9. The van der Waals surface area contributed by atoms with Crippen LogP contribution in [0, 0.1) is 0 Å². The minimum Gasteiger partial charge on any atom is -0.497 e. The van der Waals surface area contributed by atoms with Crippen LogP contribution in [0.1, 0.15) is 0 Å². The SMILES string of the molecule is COc1cccc(-c2nc3cccc(Cl)n3c2N)c1. The fourth-order valence-electron chi connectivity index (χ4n) is 2.06. The van der Waals surface area contributed by atoms with E-state index in [1.165, 1.54) is 0 Å². The smallest absolute Gasteiger partial charge is 0.140 e. The molecule has 0 bridgehead atoms. The summed E-state index contributed by atoms with van der Waals surface area (Å²) in [4.78, 5) is 4.52. The third kappa shape index (κ3) is 1.90. The number of anilines is 1. The first-order valence-corrected chi connectivity index (χ1v) is 6.15. The van der Waals surface area contributed by atoms with Crippen LogP contribution in [0.2, 0.25) is 5.15 Å². The summed E-state index contributed by atoms with van der Waals surface area (Å²) in [6, 6.07) is 13.1. The number of rotatable bonds is 2. The van der Waals surface area contributed by atoms with Gasteiger partial charge in [0.1, 0.15) is 28.1 Å². The first-order chi connectivity index (χ1) is 9.20. The van der Waals surface area contributed by atoms with E-state index in [4.69, 9.17) is 22.1 Å². The molecule has 2 N–H and O–H groups in total. The van der Waals surface area contributed by atoms with E-state index >= 15 is 0 Å². The minimum atomic E-state index is 0.522. The summed E-state index contributed by atoms with van der Waals surface area (Å²) in [5, 5.41) is 0.539. The highest BCUT2D eigenvalue weighted by Crippen LogP contribution is 2.30. The Balaban J connectivity index is 2.25. The molecule has 3 aromatic rings. The molecule has 0 amide bonds. The minimum absolute atomic E-state index is 0.522. The first-order valence-electron chi connectivity index (χ1n) is 5.77. The molecule has 0 radical (unpaired) electrons. The van der Waals surface area contributed by atoms with Gasteiger partial charge in [0.05, 0.1) is 7.11 Å². The van der Waals surface area contributed by atoms with Crippen LogP contribution in [0.3, 0.4) is 0 Å². The number of imidazole rings is 1. The Morgan fingerprint density at radius 1 is 1.21 bits per heavy atom. The number of benzene rings is 1. The number of fused-ring (bicyclic) bond motifs is 1. The number of halogens is 1. The van der Waals surface area contributed by atoms with E-state index in [9.17, 15) is 0 Å². The van der Waals surface area contributed by atoms with Crippen molar-refractivity contribution < 1.29 is 4.74 Å². The molecule has 5 heteroatoms. The fraction of sp³-hybridized carbons (Fsp3) is 0.0714. The number of nitrogen functional groups attached to an aromatic ring is 1. The number of methoxy groups -OCH3 is 1. The van der Waals surface area contributed by atoms with Crippen LogP contribution in [0.15, 0.2) is 42.5 Å². The van der Waals surface area contributed by atoms with Crippen molar-refractivity contribution in [1.82, 2.24) is 9.38 Å². The number of pyridine rings is 1. The van der Waals surface area contributed by atoms with Gasteiger partial charge in [0.25, 0.3) is 0 Å². The van der Waals surface area contributed by atoms with E-state index in [1.54, 1.807) is 17.6 Å². The average Bonchev–Trinajstić information content (AvgIpc) is 2.77. The van der Waals surface area contributed by atoms with Gasteiger partial charge >= 0.3 is 0 Å². The van der Waals surface area contributed by atoms with Gasteiger partial charge in [-0.15, -0.1) is 0 Å². The van der Waals surface area contributed by atoms with Crippen molar-refractivity contribution in [2.45, 2.75) is 0 Å². The summed E-state index contributed by atoms with van der Waals surface area (Å²) in [5.41, 5.74) is 8.46. The van der Waals surface area contributed by atoms with E-state index in [1.807, 2.05) is 36.4 Å². The zero-order valence-corrected chi connectivity index (χ0v) is 11.1. The van der Waals surface area contributed by atoms with E-state index in [0.29, 0.717) is 16.7 Å². The zero-order chi connectivity index (χ0) is 13.4. The molecule has 96 valence electrons. The topological polar surface area (TPSA) is 52.5 Å². The number of hydrogen-bond donors (Lipinski definition) is 1. The van der Waals surface area contributed by atoms with Gasteiger partial charge < -0.3 is 10.5 Å². The van der Waals surface area contributed by atoms with Gasteiger partial charge in [-0.2, -0.15) is 0 Å². The molecule has 19 heavy (non-hydrogen) atoms. The molecular formula is C14H12ClN3O. The number of ether oxygens (including phenoxy) is 1. The van der Waals surface area contributed by atoms with Crippen molar-refractivity contribution in [3.63, 3.8) is 0 Å². The molecule has 0 unspecified atom stereocenters. The maximum absolute atomic E-state index is 6.14. The Morgan fingerprint density at radius 2 is 2.00 bits per heavy atom. The van der Waals surface area contributed by atoms with Crippen LogP contribution in [0.5, 0.6) is 5.75 Å². The van der Waals surface area contributed by atoms with Crippen LogP contribution < -0.4 is 10.5 Å². The Hall–Kier alpha value is -2.20. The van der Waals surface area contributed by atoms with Gasteiger partial charge in [0.15, 0.2) is 0 Å². The normalized spacial score (nSPS) is 10.8. The maximum atomic E-state index is 6.14. The lowest BCUT2D eigenvalue weighted by Crippen LogP contribution is -1.95. The standard InChI is InChI=1S/C14H12ClN3O/c1-19-10-5-2-4-9(8-10)13-14(16)18-11(15)6-3-7-12(18)17-13/h2-8H,16H2,1H3. The predicted octanol–water partition coefficient (Wildman–Crippen LogP) is 3.25. The third-order valence-corrected chi connectivity index (χ3v) is 3.27. The highest BCUT2D eigenvalue weighted by molar-refractivity contribution is 6.30. The van der Waals surface area contributed by atoms with Crippen molar-refractivity contribution >= 4 is 23.1 Å². The molecule has 0 atom stereocenters. The Labute approximate surface area is 115 Å². The second kappa shape index (κ2) is 4.48. The summed E-state index contributed by atoms with van der Waals surface area (Å²) in [5.74, 6) is 1.29. The summed E-state index contributed by atoms with van der Waals surface area (Å²) in [7, 11) is 1.63. The number of nitrogens with zero attached hydrogens (tertiary/aromatic N) is 2. The molecule has 0 aliphatic rings. The van der Waals surface area contributed by atoms with Gasteiger partial charge in [-0.25, -0.2) is 4.98 Å². The lowest BCUT2D eigenvalue weighted by atomic mass is 10.1. The highest BCUT2D eigenvalue weighted by Gasteiger charge is 2.13. The van der Waals surface area contributed by atoms with Crippen LogP contribution >= 0.6 is 11.6 Å². The van der Waals surface area contributed by atoms with Crippen LogP contribution in [-0.4, -0.2) is 16.5 Å². The van der Waals surface area contributed by atoms with Gasteiger partial charge in [-0.05, 0) is 24.3 Å². The highest BCUT2D eigenvalue weighted by atomic mass is 35.5. The van der Waals surface area contributed by atoms with Gasteiger partial charge in [-0.3, -0.25) is 4.40 Å². The lowest BCUT2D eigenvalue weighted by molar-refractivity contribution is 0.415. The number of aromatic nitrogens is 2. The second-order valence-corrected chi connectivity index (χ2v) is 4.51. The van der Waals surface area contributed by atoms with Crippen molar-refractivity contribution in [2.75, 3.05) is 12.8 Å². The predicted molar refractivity (Wildman–Crippen MR) is 76.6 cm³/mol. The van der Waals surface area contributed by atoms with Gasteiger partial charge in [-0.1, -0.05) is 29.8 Å². The van der Waals surface area contributed by atoms with E-state index < -0.39 is 0 Å². The largest absolute Gasteiger partial charge is 0.497 e. The van der Waals surface area contributed by atoms with E-state index in [-0.39, 0.29) is 0 Å². The number of hydrogen-bond acceptors (Lipinski definition) is 3. The lowest BCUT2D eigenvalue weighted by Gasteiger charge is -2.03.